The highest BCUT2D eigenvalue weighted by atomic mass is 35.5. The molecule has 0 spiro atoms. The number of fused-ring (bicyclic) bond motifs is 1. The Hall–Kier alpha value is -2.63. The molecule has 0 aromatic heterocycles. The highest BCUT2D eigenvalue weighted by molar-refractivity contribution is 6.35. The maximum atomic E-state index is 12.3. The third kappa shape index (κ3) is 3.36. The normalized spacial score (nSPS) is 12.9. The molecule has 0 saturated carbocycles. The minimum absolute atomic E-state index is 0.0403. The molecule has 0 fully saturated rings. The van der Waals surface area contributed by atoms with Gasteiger partial charge in [-0.3, -0.25) is 14.5 Å². The lowest BCUT2D eigenvalue weighted by Crippen LogP contribution is -2.29. The molecular weight excluding hydrogens is 377 g/mol. The van der Waals surface area contributed by atoms with Gasteiger partial charge in [0.2, 0.25) is 0 Å². The second kappa shape index (κ2) is 7.32. The molecule has 3 rings (SSSR count). The van der Waals surface area contributed by atoms with E-state index < -0.39 is 17.8 Å². The van der Waals surface area contributed by atoms with Gasteiger partial charge in [-0.1, -0.05) is 35.3 Å². The third-order valence-electron chi connectivity index (χ3n) is 3.89. The van der Waals surface area contributed by atoms with E-state index in [1.54, 1.807) is 18.2 Å². The van der Waals surface area contributed by atoms with Crippen molar-refractivity contribution >= 4 is 41.0 Å². The van der Waals surface area contributed by atoms with Crippen LogP contribution in [0.1, 0.15) is 36.6 Å². The second-order valence-electron chi connectivity index (χ2n) is 5.58. The number of amides is 2. The number of rotatable bonds is 5. The zero-order chi connectivity index (χ0) is 18.8. The molecule has 132 valence electrons. The van der Waals surface area contributed by atoms with E-state index in [9.17, 15) is 14.4 Å². The van der Waals surface area contributed by atoms with E-state index in [4.69, 9.17) is 27.9 Å². The van der Waals surface area contributed by atoms with Crippen LogP contribution in [0.25, 0.3) is 0 Å². The molecule has 0 bridgehead atoms. The number of halogens is 2. The van der Waals surface area contributed by atoms with Crippen molar-refractivity contribution in [2.45, 2.75) is 6.61 Å². The van der Waals surface area contributed by atoms with Gasteiger partial charge >= 0.3 is 5.97 Å². The van der Waals surface area contributed by atoms with Gasteiger partial charge in [0.05, 0.1) is 16.7 Å². The van der Waals surface area contributed by atoms with Crippen LogP contribution in [0.5, 0.6) is 0 Å². The van der Waals surface area contributed by atoms with Crippen molar-refractivity contribution in [1.82, 2.24) is 4.90 Å². The Morgan fingerprint density at radius 1 is 1.08 bits per heavy atom. The number of esters is 1. The SMILES string of the molecule is C=CCN1C(=O)c2ccc(C(=O)OCc3ccc(Cl)cc3Cl)cc2C1=O. The summed E-state index contributed by atoms with van der Waals surface area (Å²) in [6.07, 6.45) is 1.46. The molecule has 1 aliphatic heterocycles. The van der Waals surface area contributed by atoms with Crippen LogP contribution in [0.3, 0.4) is 0 Å². The zero-order valence-corrected chi connectivity index (χ0v) is 15.0. The maximum Gasteiger partial charge on any atom is 0.338 e. The second-order valence-corrected chi connectivity index (χ2v) is 6.43. The average molecular weight is 390 g/mol. The molecule has 0 atom stereocenters. The lowest BCUT2D eigenvalue weighted by Gasteiger charge is -2.09. The predicted octanol–water partition coefficient (Wildman–Crippen LogP) is 4.13. The molecule has 7 heteroatoms. The molecule has 0 N–H and O–H groups in total. The van der Waals surface area contributed by atoms with Gasteiger partial charge in [0.1, 0.15) is 6.61 Å². The van der Waals surface area contributed by atoms with Gasteiger partial charge in [-0.2, -0.15) is 0 Å². The molecule has 2 aromatic rings. The van der Waals surface area contributed by atoms with E-state index in [1.807, 2.05) is 0 Å². The summed E-state index contributed by atoms with van der Waals surface area (Å²) in [5.41, 5.74) is 1.22. The fraction of sp³-hybridized carbons (Fsp3) is 0.105. The van der Waals surface area contributed by atoms with E-state index in [0.717, 1.165) is 4.90 Å². The summed E-state index contributed by atoms with van der Waals surface area (Å²) in [5, 5.41) is 0.871. The Balaban J connectivity index is 1.77. The van der Waals surface area contributed by atoms with E-state index in [2.05, 4.69) is 6.58 Å². The van der Waals surface area contributed by atoms with Crippen LogP contribution >= 0.6 is 23.2 Å². The minimum atomic E-state index is -0.624. The number of ether oxygens (including phenoxy) is 1. The first-order valence-corrected chi connectivity index (χ1v) is 8.40. The van der Waals surface area contributed by atoms with Crippen LogP contribution in [0, 0.1) is 0 Å². The summed E-state index contributed by atoms with van der Waals surface area (Å²) >= 11 is 11.9. The molecule has 1 heterocycles. The Morgan fingerprint density at radius 3 is 2.50 bits per heavy atom. The van der Waals surface area contributed by atoms with Gasteiger partial charge in [-0.15, -0.1) is 6.58 Å². The Bertz CT molecular complexity index is 939. The number of imide groups is 1. The van der Waals surface area contributed by atoms with Crippen molar-refractivity contribution in [3.8, 4) is 0 Å². The fourth-order valence-electron chi connectivity index (χ4n) is 2.58. The predicted molar refractivity (Wildman–Crippen MR) is 97.6 cm³/mol. The fourth-order valence-corrected chi connectivity index (χ4v) is 3.04. The number of hydrogen-bond acceptors (Lipinski definition) is 4. The summed E-state index contributed by atoms with van der Waals surface area (Å²) in [5.74, 6) is -1.49. The quantitative estimate of drug-likeness (QED) is 0.438. The van der Waals surface area contributed by atoms with Crippen molar-refractivity contribution in [3.63, 3.8) is 0 Å². The lowest BCUT2D eigenvalue weighted by molar-refractivity contribution is 0.0472. The highest BCUT2D eigenvalue weighted by Gasteiger charge is 2.35. The number of nitrogens with zero attached hydrogens (tertiary/aromatic N) is 1. The maximum absolute atomic E-state index is 12.3. The van der Waals surface area contributed by atoms with Crippen LogP contribution < -0.4 is 0 Å². The molecule has 0 saturated heterocycles. The van der Waals surface area contributed by atoms with Gasteiger partial charge in [-0.05, 0) is 30.3 Å². The first-order chi connectivity index (χ1) is 12.4. The largest absolute Gasteiger partial charge is 0.457 e. The number of carbonyl (C=O) groups excluding carboxylic acids is 3. The minimum Gasteiger partial charge on any atom is -0.457 e. The molecule has 26 heavy (non-hydrogen) atoms. The molecule has 2 amide bonds. The molecule has 0 unspecified atom stereocenters. The van der Waals surface area contributed by atoms with E-state index in [-0.39, 0.29) is 29.8 Å². The average Bonchev–Trinajstić information content (AvgIpc) is 2.85. The van der Waals surface area contributed by atoms with Gasteiger partial charge in [-0.25, -0.2) is 4.79 Å². The van der Waals surface area contributed by atoms with Crippen LogP contribution in [0.4, 0.5) is 0 Å². The van der Waals surface area contributed by atoms with Crippen molar-refractivity contribution in [2.24, 2.45) is 0 Å². The molecule has 5 nitrogen and oxygen atoms in total. The van der Waals surface area contributed by atoms with Crippen LogP contribution in [0.2, 0.25) is 10.0 Å². The van der Waals surface area contributed by atoms with E-state index in [0.29, 0.717) is 15.6 Å². The number of carbonyl (C=O) groups is 3. The Labute approximate surface area is 159 Å². The summed E-state index contributed by atoms with van der Waals surface area (Å²) < 4.78 is 5.24. The first-order valence-electron chi connectivity index (χ1n) is 7.64. The molecule has 0 aliphatic carbocycles. The van der Waals surface area contributed by atoms with Crippen molar-refractivity contribution in [2.75, 3.05) is 6.54 Å². The molecule has 1 aliphatic rings. The van der Waals surface area contributed by atoms with Crippen molar-refractivity contribution in [1.29, 1.82) is 0 Å². The van der Waals surface area contributed by atoms with Gasteiger partial charge in [0.25, 0.3) is 11.8 Å². The molecule has 2 aromatic carbocycles. The van der Waals surface area contributed by atoms with Crippen LogP contribution in [-0.2, 0) is 11.3 Å². The monoisotopic (exact) mass is 389 g/mol. The number of hydrogen-bond donors (Lipinski definition) is 0. The van der Waals surface area contributed by atoms with Gasteiger partial charge < -0.3 is 4.74 Å². The highest BCUT2D eigenvalue weighted by Crippen LogP contribution is 2.25. The zero-order valence-electron chi connectivity index (χ0n) is 13.5. The summed E-state index contributed by atoms with van der Waals surface area (Å²) in [4.78, 5) is 37.8. The molecular formula is C19H13Cl2NO4. The van der Waals surface area contributed by atoms with Crippen LogP contribution in [-0.4, -0.2) is 29.2 Å². The lowest BCUT2D eigenvalue weighted by atomic mass is 10.1. The number of benzene rings is 2. The van der Waals surface area contributed by atoms with Gasteiger partial charge in [0, 0.05) is 22.2 Å². The van der Waals surface area contributed by atoms with Gasteiger partial charge in [0.15, 0.2) is 0 Å². The Kier molecular flexibility index (Phi) is 5.11. The summed E-state index contributed by atoms with van der Waals surface area (Å²) in [6.45, 7) is 3.60. The third-order valence-corrected chi connectivity index (χ3v) is 4.48. The standard InChI is InChI=1S/C19H13Cl2NO4/c1-2-7-22-17(23)14-6-4-11(8-15(14)18(22)24)19(25)26-10-12-3-5-13(20)9-16(12)21/h2-6,8-9H,1,7,10H2. The molecule has 0 radical (unpaired) electrons. The smallest absolute Gasteiger partial charge is 0.338 e. The first kappa shape index (κ1) is 18.2. The van der Waals surface area contributed by atoms with Crippen molar-refractivity contribution in [3.05, 3.63) is 81.4 Å². The van der Waals surface area contributed by atoms with E-state index in [1.165, 1.54) is 24.3 Å². The van der Waals surface area contributed by atoms with E-state index >= 15 is 0 Å². The Morgan fingerprint density at radius 2 is 1.81 bits per heavy atom. The topological polar surface area (TPSA) is 63.7 Å². The summed E-state index contributed by atoms with van der Waals surface area (Å²) in [6, 6.07) is 9.13. The van der Waals surface area contributed by atoms with Crippen LogP contribution in [0.15, 0.2) is 49.1 Å². The van der Waals surface area contributed by atoms with Crippen molar-refractivity contribution < 1.29 is 19.1 Å². The summed E-state index contributed by atoms with van der Waals surface area (Å²) in [7, 11) is 0.